The third-order valence-electron chi connectivity index (χ3n) is 5.68. The van der Waals surface area contributed by atoms with Crippen LogP contribution in [0.1, 0.15) is 25.7 Å². The number of fused-ring (bicyclic) bond motifs is 2. The topological polar surface area (TPSA) is 96.0 Å². The fourth-order valence-electron chi connectivity index (χ4n) is 4.37. The highest BCUT2D eigenvalue weighted by Crippen LogP contribution is 2.33. The number of phenolic OH excluding ortho intramolecular Hbond substituents is 1. The Bertz CT molecular complexity index is 961. The maximum Gasteiger partial charge on any atom is 0.233 e. The largest absolute Gasteiger partial charge is 0.507 e. The van der Waals surface area contributed by atoms with Gasteiger partial charge in [-0.05, 0) is 49.4 Å². The van der Waals surface area contributed by atoms with Crippen molar-refractivity contribution in [3.8, 4) is 34.0 Å². The van der Waals surface area contributed by atoms with E-state index >= 15 is 0 Å². The van der Waals surface area contributed by atoms with Crippen molar-refractivity contribution in [3.05, 3.63) is 42.7 Å². The summed E-state index contributed by atoms with van der Waals surface area (Å²) in [5, 5.41) is 29.0. The Hall–Kier alpha value is -3.00. The average molecular weight is 395 g/mol. The lowest BCUT2D eigenvalue weighted by molar-refractivity contribution is 0.0599. The van der Waals surface area contributed by atoms with Gasteiger partial charge >= 0.3 is 0 Å². The van der Waals surface area contributed by atoms with E-state index in [0.717, 1.165) is 24.0 Å². The zero-order valence-corrected chi connectivity index (χ0v) is 15.8. The van der Waals surface area contributed by atoms with Gasteiger partial charge in [-0.2, -0.15) is 5.10 Å². The molecule has 2 unspecified atom stereocenters. The SMILES string of the molecule is Oc1cc(-c2cn[nH]c2)ccc1-c1ccc(OC2CC3CC(F)CC(C2)N3)nn1. The van der Waals surface area contributed by atoms with Gasteiger partial charge in [-0.1, -0.05) is 6.07 Å². The zero-order valence-electron chi connectivity index (χ0n) is 15.8. The lowest BCUT2D eigenvalue weighted by atomic mass is 9.84. The first kappa shape index (κ1) is 18.1. The molecule has 2 saturated heterocycles. The molecule has 7 nitrogen and oxygen atoms in total. The summed E-state index contributed by atoms with van der Waals surface area (Å²) < 4.78 is 19.7. The first-order valence-electron chi connectivity index (χ1n) is 9.87. The third-order valence-corrected chi connectivity index (χ3v) is 5.68. The fourth-order valence-corrected chi connectivity index (χ4v) is 4.37. The number of nitrogens with one attached hydrogen (secondary N) is 2. The van der Waals surface area contributed by atoms with Crippen molar-refractivity contribution in [2.45, 2.75) is 50.0 Å². The molecule has 0 amide bonds. The fraction of sp³-hybridized carbons (Fsp3) is 0.381. The predicted octanol–water partition coefficient (Wildman–Crippen LogP) is 3.24. The number of hydrogen-bond donors (Lipinski definition) is 3. The molecule has 4 heterocycles. The molecule has 2 aliphatic rings. The first-order valence-corrected chi connectivity index (χ1v) is 9.87. The lowest BCUT2D eigenvalue weighted by Crippen LogP contribution is -2.54. The van der Waals surface area contributed by atoms with Crippen molar-refractivity contribution in [1.29, 1.82) is 0 Å². The van der Waals surface area contributed by atoms with Crippen molar-refractivity contribution < 1.29 is 14.2 Å². The summed E-state index contributed by atoms with van der Waals surface area (Å²) in [6.07, 6.45) is 5.42. The minimum Gasteiger partial charge on any atom is -0.507 e. The summed E-state index contributed by atoms with van der Waals surface area (Å²) in [6, 6.07) is 9.27. The maximum absolute atomic E-state index is 13.7. The Morgan fingerprint density at radius 1 is 1.00 bits per heavy atom. The van der Waals surface area contributed by atoms with Gasteiger partial charge in [-0.3, -0.25) is 5.10 Å². The van der Waals surface area contributed by atoms with E-state index in [2.05, 4.69) is 25.7 Å². The van der Waals surface area contributed by atoms with Crippen molar-refractivity contribution in [2.75, 3.05) is 0 Å². The first-order chi connectivity index (χ1) is 14.1. The van der Waals surface area contributed by atoms with Gasteiger partial charge in [0.05, 0.1) is 11.9 Å². The second kappa shape index (κ2) is 7.44. The molecule has 2 bridgehead atoms. The number of H-pyrrole nitrogens is 1. The Balaban J connectivity index is 1.28. The Labute approximate surface area is 167 Å². The number of alkyl halides is 1. The molecule has 3 N–H and O–H groups in total. The van der Waals surface area contributed by atoms with E-state index in [1.165, 1.54) is 0 Å². The van der Waals surface area contributed by atoms with Crippen LogP contribution in [0, 0.1) is 0 Å². The van der Waals surface area contributed by atoms with Crippen LogP contribution in [0.25, 0.3) is 22.4 Å². The van der Waals surface area contributed by atoms with Crippen LogP contribution in [-0.2, 0) is 0 Å². The van der Waals surface area contributed by atoms with Crippen LogP contribution in [0.5, 0.6) is 11.6 Å². The van der Waals surface area contributed by atoms with Gasteiger partial charge in [0.1, 0.15) is 18.0 Å². The molecular formula is C21H22FN5O2. The number of piperidine rings is 2. The minimum absolute atomic E-state index is 0.0153. The number of aromatic hydroxyl groups is 1. The highest BCUT2D eigenvalue weighted by molar-refractivity contribution is 5.73. The monoisotopic (exact) mass is 395 g/mol. The Morgan fingerprint density at radius 2 is 1.83 bits per heavy atom. The molecule has 2 aliphatic heterocycles. The minimum atomic E-state index is -0.709. The molecule has 0 aliphatic carbocycles. The van der Waals surface area contributed by atoms with E-state index in [4.69, 9.17) is 4.74 Å². The summed E-state index contributed by atoms with van der Waals surface area (Å²) in [5.41, 5.74) is 2.92. The molecule has 3 aromatic rings. The molecule has 2 atom stereocenters. The van der Waals surface area contributed by atoms with Gasteiger partial charge in [0.25, 0.3) is 0 Å². The van der Waals surface area contributed by atoms with E-state index in [9.17, 15) is 9.50 Å². The highest BCUT2D eigenvalue weighted by Gasteiger charge is 2.36. The molecule has 2 fully saturated rings. The number of ether oxygens (including phenoxy) is 1. The van der Waals surface area contributed by atoms with Crippen LogP contribution >= 0.6 is 0 Å². The number of halogens is 1. The van der Waals surface area contributed by atoms with Crippen molar-refractivity contribution in [2.24, 2.45) is 0 Å². The maximum atomic E-state index is 13.7. The summed E-state index contributed by atoms with van der Waals surface area (Å²) in [6.45, 7) is 0. The van der Waals surface area contributed by atoms with Gasteiger partial charge in [-0.15, -0.1) is 10.2 Å². The molecule has 29 heavy (non-hydrogen) atoms. The smallest absolute Gasteiger partial charge is 0.233 e. The molecular weight excluding hydrogens is 373 g/mol. The molecule has 0 radical (unpaired) electrons. The Morgan fingerprint density at radius 3 is 2.48 bits per heavy atom. The van der Waals surface area contributed by atoms with Gasteiger partial charge in [0, 0.05) is 35.5 Å². The van der Waals surface area contributed by atoms with Crippen molar-refractivity contribution >= 4 is 0 Å². The molecule has 2 aromatic heterocycles. The Kier molecular flexibility index (Phi) is 4.63. The summed E-state index contributed by atoms with van der Waals surface area (Å²) >= 11 is 0. The normalized spacial score (nSPS) is 26.2. The number of aromatic nitrogens is 4. The van der Waals surface area contributed by atoms with E-state index < -0.39 is 6.17 Å². The molecule has 5 rings (SSSR count). The number of phenols is 1. The van der Waals surface area contributed by atoms with Crippen LogP contribution in [0.4, 0.5) is 4.39 Å². The highest BCUT2D eigenvalue weighted by atomic mass is 19.1. The molecule has 150 valence electrons. The van der Waals surface area contributed by atoms with Crippen LogP contribution in [0.2, 0.25) is 0 Å². The van der Waals surface area contributed by atoms with Gasteiger partial charge < -0.3 is 15.2 Å². The van der Waals surface area contributed by atoms with Crippen LogP contribution in [-0.4, -0.2) is 49.9 Å². The van der Waals surface area contributed by atoms with Crippen LogP contribution in [0.15, 0.2) is 42.7 Å². The molecule has 0 saturated carbocycles. The lowest BCUT2D eigenvalue weighted by Gasteiger charge is -2.41. The van der Waals surface area contributed by atoms with Crippen LogP contribution in [0.3, 0.4) is 0 Å². The van der Waals surface area contributed by atoms with Crippen LogP contribution < -0.4 is 10.1 Å². The summed E-state index contributed by atoms with van der Waals surface area (Å²) in [7, 11) is 0. The second-order valence-corrected chi connectivity index (χ2v) is 7.82. The van der Waals surface area contributed by atoms with E-state index in [-0.39, 0.29) is 23.9 Å². The van der Waals surface area contributed by atoms with Gasteiger partial charge in [0.2, 0.25) is 5.88 Å². The quantitative estimate of drug-likeness (QED) is 0.628. The number of nitrogens with zero attached hydrogens (tertiary/aromatic N) is 3. The van der Waals surface area contributed by atoms with E-state index in [1.807, 2.05) is 12.1 Å². The standard InChI is InChI=1S/C21H22FN5O2/c22-14-6-15-8-17(9-16(7-14)25-15)29-21-4-3-19(26-27-21)18-2-1-12(5-20(18)28)13-10-23-24-11-13/h1-5,10-11,14-17,25,28H,6-9H2,(H,23,24). The molecule has 8 heteroatoms. The number of hydrogen-bond acceptors (Lipinski definition) is 6. The number of aromatic amines is 1. The van der Waals surface area contributed by atoms with Crippen molar-refractivity contribution in [1.82, 2.24) is 25.7 Å². The second-order valence-electron chi connectivity index (χ2n) is 7.82. The molecule has 0 spiro atoms. The zero-order chi connectivity index (χ0) is 19.8. The predicted molar refractivity (Wildman–Crippen MR) is 105 cm³/mol. The van der Waals surface area contributed by atoms with E-state index in [0.29, 0.717) is 30.0 Å². The van der Waals surface area contributed by atoms with Gasteiger partial charge in [0.15, 0.2) is 0 Å². The number of benzene rings is 1. The molecule has 1 aromatic carbocycles. The van der Waals surface area contributed by atoms with Crippen molar-refractivity contribution in [3.63, 3.8) is 0 Å². The average Bonchev–Trinajstić information content (AvgIpc) is 3.23. The van der Waals surface area contributed by atoms with Gasteiger partial charge in [-0.25, -0.2) is 4.39 Å². The summed E-state index contributed by atoms with van der Waals surface area (Å²) in [4.78, 5) is 0. The number of rotatable bonds is 4. The third kappa shape index (κ3) is 3.80. The van der Waals surface area contributed by atoms with E-state index in [1.54, 1.807) is 30.6 Å². The summed E-state index contributed by atoms with van der Waals surface area (Å²) in [5.74, 6) is 0.573.